The summed E-state index contributed by atoms with van der Waals surface area (Å²) in [5.41, 5.74) is 0. The summed E-state index contributed by atoms with van der Waals surface area (Å²) in [7, 11) is 0. The third-order valence-electron chi connectivity index (χ3n) is 3.97. The first-order valence-electron chi connectivity index (χ1n) is 9.18. The molecule has 0 saturated carbocycles. The Morgan fingerprint density at radius 3 is 2.48 bits per heavy atom. The number of aromatic amines is 1. The van der Waals surface area contributed by atoms with Crippen molar-refractivity contribution in [1.82, 2.24) is 15.2 Å². The van der Waals surface area contributed by atoms with Gasteiger partial charge in [0.25, 0.3) is 0 Å². The second kappa shape index (κ2) is 13.1. The molecule has 1 unspecified atom stereocenters. The Bertz CT molecular complexity index is 514. The molecule has 1 rings (SSSR count). The summed E-state index contributed by atoms with van der Waals surface area (Å²) < 4.78 is 0. The van der Waals surface area contributed by atoms with Crippen molar-refractivity contribution in [1.29, 1.82) is 0 Å². The van der Waals surface area contributed by atoms with E-state index in [1.165, 1.54) is 51.3 Å². The van der Waals surface area contributed by atoms with E-state index < -0.39 is 17.8 Å². The molecule has 1 aromatic rings. The minimum atomic E-state index is -1.01. The van der Waals surface area contributed by atoms with Crippen LogP contribution in [0.5, 0.6) is 0 Å². The number of nitrogens with zero attached hydrogens (tertiary/aromatic N) is 2. The van der Waals surface area contributed by atoms with Gasteiger partial charge in [-0.15, -0.1) is 5.10 Å². The number of allylic oxidation sites excluding steroid dienone is 1. The smallest absolute Gasteiger partial charge is 0.304 e. The van der Waals surface area contributed by atoms with Crippen molar-refractivity contribution in [3.63, 3.8) is 0 Å². The van der Waals surface area contributed by atoms with Crippen molar-refractivity contribution in [2.45, 2.75) is 71.1 Å². The number of unbranched alkanes of at least 4 members (excludes halogenated alkanes) is 8. The average Bonchev–Trinajstić information content (AvgIpc) is 3.08. The lowest BCUT2D eigenvalue weighted by Gasteiger charge is -2.09. The van der Waals surface area contributed by atoms with E-state index in [2.05, 4.69) is 27.4 Å². The van der Waals surface area contributed by atoms with Gasteiger partial charge in [0.1, 0.15) is 6.33 Å². The van der Waals surface area contributed by atoms with Crippen molar-refractivity contribution < 1.29 is 14.7 Å². The Balaban J connectivity index is 2.26. The molecule has 1 amide bonds. The molecule has 0 spiro atoms. The summed E-state index contributed by atoms with van der Waals surface area (Å²) in [5, 5.41) is 17.7. The zero-order valence-electron chi connectivity index (χ0n) is 15.0. The van der Waals surface area contributed by atoms with Crippen LogP contribution in [-0.2, 0) is 9.59 Å². The number of carbonyl (C=O) groups excluding carboxylic acids is 1. The molecule has 7 nitrogen and oxygen atoms in total. The molecule has 1 atom stereocenters. The maximum Gasteiger partial charge on any atom is 0.304 e. The molecule has 0 saturated heterocycles. The van der Waals surface area contributed by atoms with Crippen molar-refractivity contribution in [2.24, 2.45) is 5.92 Å². The summed E-state index contributed by atoms with van der Waals surface area (Å²) in [4.78, 5) is 26.9. The summed E-state index contributed by atoms with van der Waals surface area (Å²) in [5.74, 6) is -1.98. The highest BCUT2D eigenvalue weighted by atomic mass is 16.4. The topological polar surface area (TPSA) is 108 Å². The number of aromatic nitrogens is 3. The number of hydrogen-bond acceptors (Lipinski definition) is 4. The quantitative estimate of drug-likeness (QED) is 0.348. The number of carbonyl (C=O) groups is 2. The van der Waals surface area contributed by atoms with E-state index in [4.69, 9.17) is 5.11 Å². The molecule has 0 aliphatic carbocycles. The number of carboxylic acid groups (broad SMARTS) is 1. The molecule has 3 N–H and O–H groups in total. The van der Waals surface area contributed by atoms with Crippen molar-refractivity contribution >= 4 is 17.8 Å². The molecule has 0 fully saturated rings. The predicted octanol–water partition coefficient (Wildman–Crippen LogP) is 3.92. The number of nitrogens with one attached hydrogen (secondary N) is 2. The Hall–Kier alpha value is -2.18. The largest absolute Gasteiger partial charge is 0.481 e. The first-order valence-corrected chi connectivity index (χ1v) is 9.18. The minimum Gasteiger partial charge on any atom is -0.481 e. The van der Waals surface area contributed by atoms with Gasteiger partial charge in [-0.2, -0.15) is 0 Å². The molecule has 0 radical (unpaired) electrons. The van der Waals surface area contributed by atoms with Crippen LogP contribution in [-0.4, -0.2) is 32.2 Å². The number of rotatable bonds is 14. The number of H-pyrrole nitrogens is 1. The Morgan fingerprint density at radius 1 is 1.20 bits per heavy atom. The Morgan fingerprint density at radius 2 is 1.88 bits per heavy atom. The SMILES string of the molecule is CCCCCCCCCCC=CC(CC(=O)O)C(=O)Nc1nc[nH]n1. The van der Waals surface area contributed by atoms with E-state index in [9.17, 15) is 9.59 Å². The average molecular weight is 350 g/mol. The second-order valence-electron chi connectivity index (χ2n) is 6.21. The fourth-order valence-electron chi connectivity index (χ4n) is 2.56. The molecular formula is C18H30N4O3. The summed E-state index contributed by atoms with van der Waals surface area (Å²) >= 11 is 0. The van der Waals surface area contributed by atoms with E-state index in [1.54, 1.807) is 6.08 Å². The number of aliphatic carboxylic acids is 1. The van der Waals surface area contributed by atoms with Crippen LogP contribution in [0.25, 0.3) is 0 Å². The second-order valence-corrected chi connectivity index (χ2v) is 6.21. The van der Waals surface area contributed by atoms with Crippen LogP contribution in [0.2, 0.25) is 0 Å². The van der Waals surface area contributed by atoms with E-state index in [1.807, 2.05) is 6.08 Å². The number of anilines is 1. The molecule has 0 aliphatic rings. The highest BCUT2D eigenvalue weighted by molar-refractivity contribution is 5.94. The zero-order valence-corrected chi connectivity index (χ0v) is 15.0. The van der Waals surface area contributed by atoms with Gasteiger partial charge in [-0.3, -0.25) is 20.0 Å². The predicted molar refractivity (Wildman–Crippen MR) is 97.1 cm³/mol. The third kappa shape index (κ3) is 10.3. The number of amides is 1. The highest BCUT2D eigenvalue weighted by Gasteiger charge is 2.19. The van der Waals surface area contributed by atoms with Crippen molar-refractivity contribution in [3.8, 4) is 0 Å². The van der Waals surface area contributed by atoms with Crippen LogP contribution >= 0.6 is 0 Å². The highest BCUT2D eigenvalue weighted by Crippen LogP contribution is 2.12. The van der Waals surface area contributed by atoms with Gasteiger partial charge in [-0.1, -0.05) is 64.0 Å². The fourth-order valence-corrected chi connectivity index (χ4v) is 2.56. The van der Waals surface area contributed by atoms with Gasteiger partial charge in [-0.05, 0) is 12.8 Å². The molecule has 0 aliphatic heterocycles. The van der Waals surface area contributed by atoms with Gasteiger partial charge in [0.2, 0.25) is 11.9 Å². The first kappa shape index (κ1) is 20.9. The molecule has 1 aromatic heterocycles. The Labute approximate surface area is 149 Å². The molecule has 0 bridgehead atoms. The molecule has 0 aromatic carbocycles. The standard InChI is InChI=1S/C18H30N4O3/c1-2-3-4-5-6-7-8-9-10-11-12-15(13-16(23)24)17(25)21-18-19-14-20-22-18/h11-12,14-15H,2-10,13H2,1H3,(H,23,24)(H2,19,20,21,22,25). The third-order valence-corrected chi connectivity index (χ3v) is 3.97. The van der Waals surface area contributed by atoms with E-state index >= 15 is 0 Å². The summed E-state index contributed by atoms with van der Waals surface area (Å²) in [6, 6.07) is 0. The van der Waals surface area contributed by atoms with Gasteiger partial charge >= 0.3 is 5.97 Å². The number of carboxylic acids is 1. The lowest BCUT2D eigenvalue weighted by Crippen LogP contribution is -2.24. The molecule has 1 heterocycles. The summed E-state index contributed by atoms with van der Waals surface area (Å²) in [6.07, 6.45) is 15.5. The van der Waals surface area contributed by atoms with Crippen LogP contribution in [0.4, 0.5) is 5.95 Å². The van der Waals surface area contributed by atoms with Gasteiger partial charge in [0.15, 0.2) is 0 Å². The maximum atomic E-state index is 12.1. The lowest BCUT2D eigenvalue weighted by atomic mass is 10.0. The Kier molecular flexibility index (Phi) is 11.0. The van der Waals surface area contributed by atoms with E-state index in [-0.39, 0.29) is 12.4 Å². The van der Waals surface area contributed by atoms with E-state index in [0.29, 0.717) is 0 Å². The molecule has 25 heavy (non-hydrogen) atoms. The normalized spacial score (nSPS) is 12.4. The van der Waals surface area contributed by atoms with Gasteiger partial charge in [0.05, 0.1) is 12.3 Å². The van der Waals surface area contributed by atoms with Gasteiger partial charge in [-0.25, -0.2) is 4.98 Å². The summed E-state index contributed by atoms with van der Waals surface area (Å²) in [6.45, 7) is 2.22. The van der Waals surface area contributed by atoms with Gasteiger partial charge in [0, 0.05) is 0 Å². The van der Waals surface area contributed by atoms with Gasteiger partial charge < -0.3 is 5.11 Å². The minimum absolute atomic E-state index is 0.150. The van der Waals surface area contributed by atoms with Crippen LogP contribution in [0.15, 0.2) is 18.5 Å². The maximum absolute atomic E-state index is 12.1. The van der Waals surface area contributed by atoms with Crippen molar-refractivity contribution in [2.75, 3.05) is 5.32 Å². The van der Waals surface area contributed by atoms with Crippen LogP contribution in [0, 0.1) is 5.92 Å². The van der Waals surface area contributed by atoms with Crippen LogP contribution in [0.1, 0.15) is 71.1 Å². The van der Waals surface area contributed by atoms with Crippen molar-refractivity contribution in [3.05, 3.63) is 18.5 Å². The molecule has 7 heteroatoms. The molecular weight excluding hydrogens is 320 g/mol. The first-order chi connectivity index (χ1) is 12.1. The van der Waals surface area contributed by atoms with Crippen LogP contribution < -0.4 is 5.32 Å². The number of hydrogen-bond donors (Lipinski definition) is 3. The monoisotopic (exact) mass is 350 g/mol. The zero-order chi connectivity index (χ0) is 18.3. The van der Waals surface area contributed by atoms with Crippen LogP contribution in [0.3, 0.4) is 0 Å². The van der Waals surface area contributed by atoms with E-state index in [0.717, 1.165) is 12.8 Å². The fraction of sp³-hybridized carbons (Fsp3) is 0.667. The lowest BCUT2D eigenvalue weighted by molar-refractivity contribution is -0.139. The molecule has 140 valence electrons.